The molecule has 0 aromatic rings. The third-order valence-corrected chi connectivity index (χ3v) is 2.08. The molecule has 1 saturated heterocycles. The van der Waals surface area contributed by atoms with Crippen LogP contribution in [0.2, 0.25) is 0 Å². The Hall–Kier alpha value is -1.10. The number of carbonyl (C=O) groups is 2. The van der Waals surface area contributed by atoms with E-state index in [2.05, 4.69) is 0 Å². The number of nitrogens with zero attached hydrogens (tertiary/aromatic N) is 1. The van der Waals surface area contributed by atoms with Crippen LogP contribution in [0.5, 0.6) is 0 Å². The lowest BCUT2D eigenvalue weighted by atomic mass is 10.2. The molecule has 1 rings (SSSR count). The molecule has 1 N–H and O–H groups in total. The lowest BCUT2D eigenvalue weighted by Crippen LogP contribution is -2.44. The van der Waals surface area contributed by atoms with Gasteiger partial charge in [-0.25, -0.2) is 4.79 Å². The van der Waals surface area contributed by atoms with E-state index in [0.717, 1.165) is 0 Å². The molecule has 1 unspecified atom stereocenters. The summed E-state index contributed by atoms with van der Waals surface area (Å²) in [5, 5.41) is 8.83. The number of hydrogen-bond acceptors (Lipinski definition) is 3. The van der Waals surface area contributed by atoms with E-state index in [-0.39, 0.29) is 5.91 Å². The fourth-order valence-corrected chi connectivity index (χ4v) is 1.41. The average Bonchev–Trinajstić information content (AvgIpc) is 2.27. The third kappa shape index (κ3) is 2.42. The van der Waals surface area contributed by atoms with Gasteiger partial charge in [-0.3, -0.25) is 4.79 Å². The van der Waals surface area contributed by atoms with Gasteiger partial charge < -0.3 is 14.7 Å². The summed E-state index contributed by atoms with van der Waals surface area (Å²) < 4.78 is 5.10. The van der Waals surface area contributed by atoms with Crippen molar-refractivity contribution in [2.24, 2.45) is 0 Å². The Kier molecular flexibility index (Phi) is 3.25. The summed E-state index contributed by atoms with van der Waals surface area (Å²) in [4.78, 5) is 23.2. The number of aliphatic carboxylic acids is 1. The van der Waals surface area contributed by atoms with Gasteiger partial charge in [0.25, 0.3) is 0 Å². The summed E-state index contributed by atoms with van der Waals surface area (Å²) in [6.45, 7) is 2.57. The highest BCUT2D eigenvalue weighted by atomic mass is 16.5. The molecule has 1 fully saturated rings. The van der Waals surface area contributed by atoms with Crippen LogP contribution in [0.15, 0.2) is 0 Å². The van der Waals surface area contributed by atoms with Gasteiger partial charge in [0.15, 0.2) is 0 Å². The number of carboxylic acid groups (broad SMARTS) is 1. The Labute approximate surface area is 76.3 Å². The third-order valence-electron chi connectivity index (χ3n) is 2.08. The maximum absolute atomic E-state index is 11.1. The molecule has 0 spiro atoms. The molecule has 0 aromatic heterocycles. The standard InChI is InChI=1S/C8H13NO4/c1-6(10)9-3-5-13-4-2-7(9)8(11)12/h7H,2-5H2,1H3,(H,11,12). The second-order valence-electron chi connectivity index (χ2n) is 2.97. The molecule has 1 heterocycles. The lowest BCUT2D eigenvalue weighted by molar-refractivity contribution is -0.149. The van der Waals surface area contributed by atoms with Gasteiger partial charge in [-0.15, -0.1) is 0 Å². The number of hydrogen-bond donors (Lipinski definition) is 1. The normalized spacial score (nSPS) is 23.8. The molecular weight excluding hydrogens is 174 g/mol. The minimum atomic E-state index is -0.958. The first-order valence-corrected chi connectivity index (χ1v) is 4.20. The van der Waals surface area contributed by atoms with Gasteiger partial charge in [-0.2, -0.15) is 0 Å². The summed E-state index contributed by atoms with van der Waals surface area (Å²) in [6.07, 6.45) is 0.370. The Morgan fingerprint density at radius 1 is 1.46 bits per heavy atom. The van der Waals surface area contributed by atoms with E-state index in [1.807, 2.05) is 0 Å². The number of rotatable bonds is 1. The van der Waals surface area contributed by atoms with Crippen molar-refractivity contribution in [3.63, 3.8) is 0 Å². The van der Waals surface area contributed by atoms with E-state index in [4.69, 9.17) is 9.84 Å². The Morgan fingerprint density at radius 3 is 2.69 bits per heavy atom. The zero-order valence-electron chi connectivity index (χ0n) is 7.52. The van der Waals surface area contributed by atoms with Crippen molar-refractivity contribution in [3.05, 3.63) is 0 Å². The number of amides is 1. The molecule has 0 radical (unpaired) electrons. The van der Waals surface area contributed by atoms with Crippen LogP contribution in [-0.2, 0) is 14.3 Å². The largest absolute Gasteiger partial charge is 0.480 e. The van der Waals surface area contributed by atoms with E-state index < -0.39 is 12.0 Å². The molecule has 0 bridgehead atoms. The average molecular weight is 187 g/mol. The lowest BCUT2D eigenvalue weighted by Gasteiger charge is -2.24. The van der Waals surface area contributed by atoms with Crippen LogP contribution >= 0.6 is 0 Å². The second-order valence-corrected chi connectivity index (χ2v) is 2.97. The Balaban J connectivity index is 2.72. The van der Waals surface area contributed by atoms with Gasteiger partial charge in [0.2, 0.25) is 5.91 Å². The monoisotopic (exact) mass is 187 g/mol. The summed E-state index contributed by atoms with van der Waals surface area (Å²) in [5.74, 6) is -1.17. The summed E-state index contributed by atoms with van der Waals surface area (Å²) in [7, 11) is 0. The van der Waals surface area contributed by atoms with Crippen molar-refractivity contribution >= 4 is 11.9 Å². The van der Waals surface area contributed by atoms with Crippen molar-refractivity contribution in [1.82, 2.24) is 4.90 Å². The van der Waals surface area contributed by atoms with Crippen LogP contribution < -0.4 is 0 Å². The smallest absolute Gasteiger partial charge is 0.326 e. The molecule has 13 heavy (non-hydrogen) atoms. The van der Waals surface area contributed by atoms with Crippen molar-refractivity contribution in [3.8, 4) is 0 Å². The number of carbonyl (C=O) groups excluding carboxylic acids is 1. The Morgan fingerprint density at radius 2 is 2.15 bits per heavy atom. The molecule has 5 heteroatoms. The van der Waals surface area contributed by atoms with Crippen LogP contribution in [0.4, 0.5) is 0 Å². The number of ether oxygens (including phenoxy) is 1. The molecule has 5 nitrogen and oxygen atoms in total. The highest BCUT2D eigenvalue weighted by molar-refractivity contribution is 5.82. The number of carboxylic acids is 1. The first-order chi connectivity index (χ1) is 6.13. The van der Waals surface area contributed by atoms with E-state index in [1.54, 1.807) is 0 Å². The molecule has 74 valence electrons. The Bertz CT molecular complexity index is 194. The second kappa shape index (κ2) is 4.23. The molecule has 0 saturated carbocycles. The molecular formula is C8H13NO4. The predicted molar refractivity (Wildman–Crippen MR) is 44.2 cm³/mol. The van der Waals surface area contributed by atoms with Gasteiger partial charge in [-0.05, 0) is 0 Å². The fraction of sp³-hybridized carbons (Fsp3) is 0.750. The fourth-order valence-electron chi connectivity index (χ4n) is 1.41. The van der Waals surface area contributed by atoms with Crippen LogP contribution in [0.3, 0.4) is 0 Å². The van der Waals surface area contributed by atoms with Gasteiger partial charge in [0.05, 0.1) is 6.61 Å². The molecule has 0 aliphatic carbocycles. The van der Waals surface area contributed by atoms with Gasteiger partial charge >= 0.3 is 5.97 Å². The van der Waals surface area contributed by atoms with E-state index in [1.165, 1.54) is 11.8 Å². The zero-order chi connectivity index (χ0) is 9.84. The summed E-state index contributed by atoms with van der Waals surface area (Å²) in [6, 6.07) is -0.722. The molecule has 1 aliphatic rings. The van der Waals surface area contributed by atoms with Crippen LogP contribution in [-0.4, -0.2) is 47.7 Å². The van der Waals surface area contributed by atoms with Gasteiger partial charge in [0.1, 0.15) is 6.04 Å². The minimum absolute atomic E-state index is 0.210. The predicted octanol–water partition coefficient (Wildman–Crippen LogP) is -0.292. The van der Waals surface area contributed by atoms with Crippen molar-refractivity contribution in [1.29, 1.82) is 0 Å². The topological polar surface area (TPSA) is 66.8 Å². The highest BCUT2D eigenvalue weighted by Gasteiger charge is 2.28. The molecule has 1 aliphatic heterocycles. The highest BCUT2D eigenvalue weighted by Crippen LogP contribution is 2.09. The molecule has 1 atom stereocenters. The first kappa shape index (κ1) is 9.98. The van der Waals surface area contributed by atoms with Gasteiger partial charge in [0, 0.05) is 26.5 Å². The van der Waals surface area contributed by atoms with Crippen LogP contribution in [0.25, 0.3) is 0 Å². The zero-order valence-corrected chi connectivity index (χ0v) is 7.52. The van der Waals surface area contributed by atoms with E-state index in [9.17, 15) is 9.59 Å². The molecule has 1 amide bonds. The van der Waals surface area contributed by atoms with Crippen molar-refractivity contribution < 1.29 is 19.4 Å². The minimum Gasteiger partial charge on any atom is -0.480 e. The van der Waals surface area contributed by atoms with Crippen molar-refractivity contribution in [2.45, 2.75) is 19.4 Å². The molecule has 0 aromatic carbocycles. The summed E-state index contributed by atoms with van der Waals surface area (Å²) >= 11 is 0. The summed E-state index contributed by atoms with van der Waals surface area (Å²) in [5.41, 5.74) is 0. The first-order valence-electron chi connectivity index (χ1n) is 4.20. The maximum atomic E-state index is 11.1. The SMILES string of the molecule is CC(=O)N1CCOCCC1C(=O)O. The van der Waals surface area contributed by atoms with E-state index >= 15 is 0 Å². The van der Waals surface area contributed by atoms with Crippen LogP contribution in [0, 0.1) is 0 Å². The van der Waals surface area contributed by atoms with Crippen LogP contribution in [0.1, 0.15) is 13.3 Å². The maximum Gasteiger partial charge on any atom is 0.326 e. The van der Waals surface area contributed by atoms with Crippen molar-refractivity contribution in [2.75, 3.05) is 19.8 Å². The quantitative estimate of drug-likeness (QED) is 0.612. The van der Waals surface area contributed by atoms with Gasteiger partial charge in [-0.1, -0.05) is 0 Å². The van der Waals surface area contributed by atoms with E-state index in [0.29, 0.717) is 26.2 Å².